The Morgan fingerprint density at radius 1 is 1.32 bits per heavy atom. The van der Waals surface area contributed by atoms with E-state index in [2.05, 4.69) is 15.5 Å². The molecular weight excluding hydrogens is 302 g/mol. The molecule has 0 spiro atoms. The molecule has 1 atom stereocenters. The van der Waals surface area contributed by atoms with E-state index in [-0.39, 0.29) is 5.91 Å². The molecule has 0 saturated heterocycles. The first-order valence-electron chi connectivity index (χ1n) is 7.90. The lowest BCUT2D eigenvalue weighted by atomic mass is 9.71. The Hall–Kier alpha value is -1.50. The van der Waals surface area contributed by atoms with Gasteiger partial charge in [0.15, 0.2) is 0 Å². The summed E-state index contributed by atoms with van der Waals surface area (Å²) in [5.74, 6) is -1.70. The molecule has 1 fully saturated rings. The zero-order valence-electron chi connectivity index (χ0n) is 13.1. The Balaban J connectivity index is 2.21. The lowest BCUT2D eigenvalue weighted by Crippen LogP contribution is -2.44. The highest BCUT2D eigenvalue weighted by Gasteiger charge is 2.50. The monoisotopic (exact) mass is 325 g/mol. The van der Waals surface area contributed by atoms with E-state index in [1.54, 1.807) is 0 Å². The number of nitrogens with one attached hydrogen (secondary N) is 1. The van der Waals surface area contributed by atoms with Crippen molar-refractivity contribution in [3.63, 3.8) is 0 Å². The summed E-state index contributed by atoms with van der Waals surface area (Å²) < 4.78 is 0. The highest BCUT2D eigenvalue weighted by molar-refractivity contribution is 7.15. The molecule has 0 aromatic carbocycles. The number of anilines is 1. The zero-order valence-corrected chi connectivity index (χ0v) is 13.9. The van der Waals surface area contributed by atoms with Crippen LogP contribution in [0.15, 0.2) is 0 Å². The standard InChI is InChI=1S/C15H23N3O3S/c1-3-7-10(12(19)20)15(8-5-6-9-15)13(21)16-14-18-17-11(4-2)22-14/h10H,3-9H2,1-2H3,(H,19,20)(H,16,18,21). The van der Waals surface area contributed by atoms with Crippen LogP contribution >= 0.6 is 11.3 Å². The van der Waals surface area contributed by atoms with Gasteiger partial charge in [-0.15, -0.1) is 10.2 Å². The van der Waals surface area contributed by atoms with Crippen LogP contribution < -0.4 is 5.32 Å². The van der Waals surface area contributed by atoms with E-state index in [0.29, 0.717) is 24.4 Å². The van der Waals surface area contributed by atoms with E-state index < -0.39 is 17.3 Å². The molecule has 0 bridgehead atoms. The maximum atomic E-state index is 12.8. The Morgan fingerprint density at radius 2 is 2.00 bits per heavy atom. The molecule has 1 unspecified atom stereocenters. The molecule has 122 valence electrons. The molecule has 1 saturated carbocycles. The van der Waals surface area contributed by atoms with E-state index in [9.17, 15) is 14.7 Å². The minimum atomic E-state index is -0.870. The SMILES string of the molecule is CCCC(C(=O)O)C1(C(=O)Nc2nnc(CC)s2)CCCC1. The minimum absolute atomic E-state index is 0.204. The van der Waals surface area contributed by atoms with Gasteiger partial charge in [0.05, 0.1) is 11.3 Å². The number of aliphatic carboxylic acids is 1. The van der Waals surface area contributed by atoms with E-state index in [4.69, 9.17) is 0 Å². The summed E-state index contributed by atoms with van der Waals surface area (Å²) in [4.78, 5) is 24.5. The highest BCUT2D eigenvalue weighted by atomic mass is 32.1. The first kappa shape index (κ1) is 16.9. The lowest BCUT2D eigenvalue weighted by molar-refractivity contribution is -0.151. The number of carbonyl (C=O) groups is 2. The molecule has 1 aromatic rings. The maximum Gasteiger partial charge on any atom is 0.307 e. The highest BCUT2D eigenvalue weighted by Crippen LogP contribution is 2.47. The van der Waals surface area contributed by atoms with Crippen molar-refractivity contribution in [3.05, 3.63) is 5.01 Å². The van der Waals surface area contributed by atoms with Crippen molar-refractivity contribution in [3.8, 4) is 0 Å². The fraction of sp³-hybridized carbons (Fsp3) is 0.733. The van der Waals surface area contributed by atoms with Gasteiger partial charge in [-0.25, -0.2) is 0 Å². The second-order valence-electron chi connectivity index (χ2n) is 5.85. The van der Waals surface area contributed by atoms with E-state index in [0.717, 1.165) is 30.7 Å². The number of nitrogens with zero attached hydrogens (tertiary/aromatic N) is 2. The lowest BCUT2D eigenvalue weighted by Gasteiger charge is -2.33. The molecule has 0 aliphatic heterocycles. The number of hydrogen-bond acceptors (Lipinski definition) is 5. The van der Waals surface area contributed by atoms with Gasteiger partial charge >= 0.3 is 5.97 Å². The quantitative estimate of drug-likeness (QED) is 0.803. The summed E-state index contributed by atoms with van der Waals surface area (Å²) in [6.45, 7) is 3.93. The Morgan fingerprint density at radius 3 is 2.50 bits per heavy atom. The molecule has 1 aromatic heterocycles. The molecule has 1 heterocycles. The van der Waals surface area contributed by atoms with Crippen LogP contribution in [0.4, 0.5) is 5.13 Å². The summed E-state index contributed by atoms with van der Waals surface area (Å²) in [5, 5.41) is 21.7. The molecule has 7 heteroatoms. The Labute approximate surface area is 134 Å². The first-order valence-corrected chi connectivity index (χ1v) is 8.71. The normalized spacial score (nSPS) is 18.1. The van der Waals surface area contributed by atoms with Gasteiger partial charge in [0.1, 0.15) is 5.01 Å². The van der Waals surface area contributed by atoms with Crippen molar-refractivity contribution in [1.29, 1.82) is 0 Å². The number of carboxylic acids is 1. The van der Waals surface area contributed by atoms with Gasteiger partial charge in [-0.3, -0.25) is 9.59 Å². The Kier molecular flexibility index (Phi) is 5.50. The molecule has 1 aliphatic carbocycles. The van der Waals surface area contributed by atoms with E-state index >= 15 is 0 Å². The number of aryl methyl sites for hydroxylation is 1. The van der Waals surface area contributed by atoms with Gasteiger partial charge in [-0.05, 0) is 25.7 Å². The van der Waals surface area contributed by atoms with Crippen molar-refractivity contribution in [2.45, 2.75) is 58.8 Å². The maximum absolute atomic E-state index is 12.8. The average Bonchev–Trinajstić information content (AvgIpc) is 3.13. The van der Waals surface area contributed by atoms with Crippen LogP contribution in [0.5, 0.6) is 0 Å². The number of carbonyl (C=O) groups excluding carboxylic acids is 1. The fourth-order valence-electron chi connectivity index (χ4n) is 3.33. The summed E-state index contributed by atoms with van der Waals surface area (Å²) in [6.07, 6.45) is 5.12. The number of amides is 1. The molecule has 2 N–H and O–H groups in total. The van der Waals surface area contributed by atoms with Crippen molar-refractivity contribution >= 4 is 28.3 Å². The van der Waals surface area contributed by atoms with Gasteiger partial charge in [0.25, 0.3) is 0 Å². The van der Waals surface area contributed by atoms with Gasteiger partial charge in [0.2, 0.25) is 11.0 Å². The van der Waals surface area contributed by atoms with Crippen molar-refractivity contribution in [2.24, 2.45) is 11.3 Å². The van der Waals surface area contributed by atoms with Crippen molar-refractivity contribution in [1.82, 2.24) is 10.2 Å². The Bertz CT molecular complexity index is 538. The van der Waals surface area contributed by atoms with Crippen molar-refractivity contribution < 1.29 is 14.7 Å². The topological polar surface area (TPSA) is 92.2 Å². The van der Waals surface area contributed by atoms with Gasteiger partial charge in [-0.2, -0.15) is 0 Å². The predicted molar refractivity (Wildman–Crippen MR) is 84.9 cm³/mol. The van der Waals surface area contributed by atoms with Crippen LogP contribution in [0.2, 0.25) is 0 Å². The summed E-state index contributed by atoms with van der Waals surface area (Å²) >= 11 is 1.35. The molecule has 22 heavy (non-hydrogen) atoms. The third-order valence-electron chi connectivity index (χ3n) is 4.48. The van der Waals surface area contributed by atoms with Crippen LogP contribution in [0.25, 0.3) is 0 Å². The molecule has 0 radical (unpaired) electrons. The average molecular weight is 325 g/mol. The van der Waals surface area contributed by atoms with Gasteiger partial charge in [-0.1, -0.05) is 44.4 Å². The van der Waals surface area contributed by atoms with Gasteiger partial charge < -0.3 is 10.4 Å². The van der Waals surface area contributed by atoms with E-state index in [1.807, 2.05) is 13.8 Å². The third kappa shape index (κ3) is 3.29. The molecular formula is C15H23N3O3S. The minimum Gasteiger partial charge on any atom is -0.481 e. The summed E-state index contributed by atoms with van der Waals surface area (Å²) in [7, 11) is 0. The summed E-state index contributed by atoms with van der Waals surface area (Å²) in [6, 6.07) is 0. The first-order chi connectivity index (χ1) is 10.5. The van der Waals surface area contributed by atoms with Gasteiger partial charge in [0, 0.05) is 0 Å². The molecule has 6 nitrogen and oxygen atoms in total. The largest absolute Gasteiger partial charge is 0.481 e. The van der Waals surface area contributed by atoms with Crippen molar-refractivity contribution in [2.75, 3.05) is 5.32 Å². The van der Waals surface area contributed by atoms with E-state index in [1.165, 1.54) is 11.3 Å². The second-order valence-corrected chi connectivity index (χ2v) is 6.91. The number of hydrogen-bond donors (Lipinski definition) is 2. The fourth-order valence-corrected chi connectivity index (χ4v) is 4.01. The molecule has 1 aliphatic rings. The smallest absolute Gasteiger partial charge is 0.307 e. The number of rotatable bonds is 7. The molecule has 1 amide bonds. The van der Waals surface area contributed by atoms with Crippen LogP contribution in [0, 0.1) is 11.3 Å². The summed E-state index contributed by atoms with van der Waals surface area (Å²) in [5.41, 5.74) is -0.806. The second kappa shape index (κ2) is 7.17. The van der Waals surface area contributed by atoms with Crippen LogP contribution in [0.3, 0.4) is 0 Å². The number of carboxylic acid groups (broad SMARTS) is 1. The number of aromatic nitrogens is 2. The predicted octanol–water partition coefficient (Wildman–Crippen LogP) is 3.10. The molecule has 2 rings (SSSR count). The van der Waals surface area contributed by atoms with Crippen LogP contribution in [-0.4, -0.2) is 27.2 Å². The zero-order chi connectivity index (χ0) is 16.2. The third-order valence-corrected chi connectivity index (χ3v) is 5.46. The van der Waals surface area contributed by atoms with Crippen LogP contribution in [0.1, 0.15) is 57.4 Å². The van der Waals surface area contributed by atoms with Crippen LogP contribution in [-0.2, 0) is 16.0 Å².